The van der Waals surface area contributed by atoms with Crippen molar-refractivity contribution in [1.82, 2.24) is 0 Å². The second kappa shape index (κ2) is 77.2. The zero-order valence-corrected chi connectivity index (χ0v) is 68.4. The second-order valence-corrected chi connectivity index (χ2v) is 32.8. The third-order valence-electron chi connectivity index (χ3n) is 19.6. The van der Waals surface area contributed by atoms with Gasteiger partial charge in [0, 0.05) is 25.7 Å². The standard InChI is InChI=1S/C83H162O17P2/c1-5-9-13-17-21-24-27-30-33-36-38-40-42-45-48-51-54-58-62-66-70-83(88)100-79(74-94-81(86)68-64-60-56-52-49-46-44-41-39-37-34-31-28-25-22-18-14-10-6-2)76-98-102(91,92)96-72-77(84)71-95-101(89,90)97-75-78(73-93-80(85)67-63-59-55-20-16-12-8-4)99-82(87)69-65-61-57-53-50-47-43-35-32-29-26-23-19-15-11-7-3/h77-79,84H,5-76H2,1-4H3,(H,89,90)(H,91,92)/t77-,78+,79+/m0/s1. The highest BCUT2D eigenvalue weighted by atomic mass is 31.2. The van der Waals surface area contributed by atoms with E-state index in [2.05, 4.69) is 27.7 Å². The Kier molecular flexibility index (Phi) is 75.8. The molecule has 0 aliphatic heterocycles. The van der Waals surface area contributed by atoms with Crippen LogP contribution in [0.1, 0.15) is 451 Å². The number of aliphatic hydroxyl groups excluding tert-OH is 1. The van der Waals surface area contributed by atoms with E-state index in [0.29, 0.717) is 25.7 Å². The van der Waals surface area contributed by atoms with Gasteiger partial charge in [0.15, 0.2) is 12.2 Å². The smallest absolute Gasteiger partial charge is 0.462 e. The van der Waals surface area contributed by atoms with Gasteiger partial charge in [-0.15, -0.1) is 0 Å². The number of phosphoric ester groups is 2. The highest BCUT2D eigenvalue weighted by Gasteiger charge is 2.30. The lowest BCUT2D eigenvalue weighted by Gasteiger charge is -2.21. The summed E-state index contributed by atoms with van der Waals surface area (Å²) in [5.74, 6) is -2.11. The molecule has 0 amide bonds. The van der Waals surface area contributed by atoms with Gasteiger partial charge in [-0.3, -0.25) is 37.3 Å². The second-order valence-electron chi connectivity index (χ2n) is 29.9. The Hall–Kier alpha value is -1.94. The first kappa shape index (κ1) is 100. The average molecular weight is 1490 g/mol. The monoisotopic (exact) mass is 1490 g/mol. The molecule has 0 fully saturated rings. The van der Waals surface area contributed by atoms with Crippen molar-refractivity contribution in [2.24, 2.45) is 0 Å². The van der Waals surface area contributed by atoms with Crippen molar-refractivity contribution < 1.29 is 80.2 Å². The number of carbonyl (C=O) groups excluding carboxylic acids is 4. The fourth-order valence-electron chi connectivity index (χ4n) is 13.0. The van der Waals surface area contributed by atoms with Gasteiger partial charge in [-0.1, -0.05) is 400 Å². The first-order chi connectivity index (χ1) is 49.7. The van der Waals surface area contributed by atoms with Gasteiger partial charge in [0.1, 0.15) is 19.3 Å². The number of rotatable bonds is 84. The number of phosphoric acid groups is 2. The van der Waals surface area contributed by atoms with E-state index in [4.69, 9.17) is 37.0 Å². The maximum Gasteiger partial charge on any atom is 0.472 e. The number of unbranched alkanes of at least 4 members (excludes halogenated alkanes) is 58. The summed E-state index contributed by atoms with van der Waals surface area (Å²) in [6.07, 6.45) is 71.0. The Labute approximate surface area is 626 Å². The molecule has 0 aromatic heterocycles. The Balaban J connectivity index is 5.16. The summed E-state index contributed by atoms with van der Waals surface area (Å²) in [6, 6.07) is 0. The van der Waals surface area contributed by atoms with E-state index in [1.54, 1.807) is 0 Å². The lowest BCUT2D eigenvalue weighted by atomic mass is 10.0. The predicted octanol–water partition coefficient (Wildman–Crippen LogP) is 25.4. The van der Waals surface area contributed by atoms with E-state index in [-0.39, 0.29) is 25.7 Å². The minimum atomic E-state index is -4.96. The van der Waals surface area contributed by atoms with Crippen LogP contribution in [0.5, 0.6) is 0 Å². The van der Waals surface area contributed by atoms with Gasteiger partial charge >= 0.3 is 39.5 Å². The van der Waals surface area contributed by atoms with E-state index >= 15 is 0 Å². The largest absolute Gasteiger partial charge is 0.472 e. The SMILES string of the molecule is CCCCCCCCCCCCCCCCCCCCCCC(=O)O[C@H](COC(=O)CCCCCCCCCCCCCCCCCCCCC)COP(=O)(O)OC[C@@H](O)COP(=O)(O)OC[C@@H](COC(=O)CCCCCCCCC)OC(=O)CCCCCCCCCCCCCCCCCC. The molecule has 0 aliphatic rings. The molecule has 0 saturated carbocycles. The third kappa shape index (κ3) is 76.3. The van der Waals surface area contributed by atoms with Crippen molar-refractivity contribution in [2.75, 3.05) is 39.6 Å². The third-order valence-corrected chi connectivity index (χ3v) is 21.5. The molecule has 0 bridgehead atoms. The van der Waals surface area contributed by atoms with Crippen LogP contribution in [0, 0.1) is 0 Å². The summed E-state index contributed by atoms with van der Waals surface area (Å²) >= 11 is 0. The molecule has 3 N–H and O–H groups in total. The minimum Gasteiger partial charge on any atom is -0.462 e. The maximum absolute atomic E-state index is 13.1. The average Bonchev–Trinajstić information content (AvgIpc) is 0.969. The van der Waals surface area contributed by atoms with Crippen LogP contribution in [-0.4, -0.2) is 96.7 Å². The van der Waals surface area contributed by atoms with Crippen LogP contribution in [0.3, 0.4) is 0 Å². The van der Waals surface area contributed by atoms with Gasteiger partial charge in [-0.25, -0.2) is 9.13 Å². The topological polar surface area (TPSA) is 237 Å². The number of ether oxygens (including phenoxy) is 4. The summed E-state index contributed by atoms with van der Waals surface area (Å²) in [4.78, 5) is 73.0. The summed E-state index contributed by atoms with van der Waals surface area (Å²) in [5.41, 5.74) is 0. The van der Waals surface area contributed by atoms with E-state index < -0.39 is 97.5 Å². The molecule has 0 heterocycles. The fourth-order valence-corrected chi connectivity index (χ4v) is 14.6. The van der Waals surface area contributed by atoms with Crippen molar-refractivity contribution >= 4 is 39.5 Å². The highest BCUT2D eigenvalue weighted by molar-refractivity contribution is 7.47. The molecule has 0 spiro atoms. The Morgan fingerprint density at radius 1 is 0.235 bits per heavy atom. The number of hydrogen-bond donors (Lipinski definition) is 3. The summed E-state index contributed by atoms with van der Waals surface area (Å²) in [7, 11) is -9.91. The summed E-state index contributed by atoms with van der Waals surface area (Å²) in [6.45, 7) is 5.00. The zero-order chi connectivity index (χ0) is 74.6. The molecule has 0 aromatic rings. The van der Waals surface area contributed by atoms with Crippen LogP contribution < -0.4 is 0 Å². The van der Waals surface area contributed by atoms with Crippen LogP contribution in [-0.2, 0) is 65.4 Å². The van der Waals surface area contributed by atoms with Gasteiger partial charge in [-0.2, -0.15) is 0 Å². The summed E-state index contributed by atoms with van der Waals surface area (Å²) < 4.78 is 68.7. The van der Waals surface area contributed by atoms with E-state index in [1.807, 2.05) is 0 Å². The lowest BCUT2D eigenvalue weighted by molar-refractivity contribution is -0.161. The first-order valence-corrected chi connectivity index (χ1v) is 46.3. The van der Waals surface area contributed by atoms with Crippen molar-refractivity contribution in [3.8, 4) is 0 Å². The van der Waals surface area contributed by atoms with Crippen LogP contribution in [0.2, 0.25) is 0 Å². The molecule has 0 rings (SSSR count). The van der Waals surface area contributed by atoms with Crippen LogP contribution in [0.4, 0.5) is 0 Å². The van der Waals surface area contributed by atoms with Gasteiger partial charge in [0.05, 0.1) is 26.4 Å². The normalized spacial score (nSPS) is 13.8. The minimum absolute atomic E-state index is 0.109. The van der Waals surface area contributed by atoms with E-state index in [9.17, 15) is 43.2 Å². The van der Waals surface area contributed by atoms with E-state index in [0.717, 1.165) is 103 Å². The van der Waals surface area contributed by atoms with Gasteiger partial charge in [0.25, 0.3) is 0 Å². The van der Waals surface area contributed by atoms with Crippen molar-refractivity contribution in [1.29, 1.82) is 0 Å². The van der Waals surface area contributed by atoms with E-state index in [1.165, 1.54) is 270 Å². The molecule has 0 saturated heterocycles. The maximum atomic E-state index is 13.1. The number of esters is 4. The lowest BCUT2D eigenvalue weighted by Crippen LogP contribution is -2.30. The zero-order valence-electron chi connectivity index (χ0n) is 66.6. The van der Waals surface area contributed by atoms with Crippen molar-refractivity contribution in [3.05, 3.63) is 0 Å². The van der Waals surface area contributed by atoms with Crippen molar-refractivity contribution in [2.45, 2.75) is 470 Å². The van der Waals surface area contributed by atoms with Crippen LogP contribution in [0.25, 0.3) is 0 Å². The molecule has 0 aliphatic carbocycles. The molecule has 0 aromatic carbocycles. The predicted molar refractivity (Wildman–Crippen MR) is 419 cm³/mol. The quantitative estimate of drug-likeness (QED) is 0.0222. The molecule has 17 nitrogen and oxygen atoms in total. The molecule has 606 valence electrons. The molecule has 5 atom stereocenters. The van der Waals surface area contributed by atoms with Crippen LogP contribution >= 0.6 is 15.6 Å². The summed E-state index contributed by atoms with van der Waals surface area (Å²) in [5, 5.41) is 10.6. The number of carbonyl (C=O) groups is 4. The van der Waals surface area contributed by atoms with Crippen LogP contribution in [0.15, 0.2) is 0 Å². The Morgan fingerprint density at radius 2 is 0.392 bits per heavy atom. The Bertz CT molecular complexity index is 1930. The number of hydrogen-bond acceptors (Lipinski definition) is 15. The highest BCUT2D eigenvalue weighted by Crippen LogP contribution is 2.45. The molecular weight excluding hydrogens is 1330 g/mol. The van der Waals surface area contributed by atoms with Crippen molar-refractivity contribution in [3.63, 3.8) is 0 Å². The first-order valence-electron chi connectivity index (χ1n) is 43.3. The van der Waals surface area contributed by atoms with Gasteiger partial charge < -0.3 is 33.8 Å². The molecule has 19 heteroatoms. The fraction of sp³-hybridized carbons (Fsp3) is 0.952. The molecular formula is C83H162O17P2. The molecule has 102 heavy (non-hydrogen) atoms. The molecule has 2 unspecified atom stereocenters. The number of aliphatic hydroxyl groups is 1. The molecule has 0 radical (unpaired) electrons. The Morgan fingerprint density at radius 3 is 0.578 bits per heavy atom. The van der Waals surface area contributed by atoms with Gasteiger partial charge in [-0.05, 0) is 25.7 Å². The van der Waals surface area contributed by atoms with Gasteiger partial charge in [0.2, 0.25) is 0 Å².